The summed E-state index contributed by atoms with van der Waals surface area (Å²) >= 11 is 3.46. The fraction of sp³-hybridized carbons (Fsp3) is 0.278. The van der Waals surface area contributed by atoms with Crippen LogP contribution in [0.3, 0.4) is 0 Å². The highest BCUT2D eigenvalue weighted by Gasteiger charge is 2.10. The molecule has 2 aromatic carbocycles. The van der Waals surface area contributed by atoms with Crippen LogP contribution in [-0.2, 0) is 22.9 Å². The van der Waals surface area contributed by atoms with Crippen LogP contribution in [0.1, 0.15) is 16.7 Å². The minimum atomic E-state index is -3.19. The van der Waals surface area contributed by atoms with Crippen LogP contribution in [0.2, 0.25) is 0 Å². The van der Waals surface area contributed by atoms with Crippen LogP contribution in [0.25, 0.3) is 0 Å². The van der Waals surface area contributed by atoms with Crippen molar-refractivity contribution in [1.29, 1.82) is 0 Å². The quantitative estimate of drug-likeness (QED) is 0.338. The number of nitrogens with one attached hydrogen (secondary N) is 2. The SMILES string of the molecule is CN=C(NCc1cccc(Br)c1)NCc1ccc(S(C)(=O)=O)c(C)c1.I. The average Bonchev–Trinajstić information content (AvgIpc) is 2.54. The van der Waals surface area contributed by atoms with Gasteiger partial charge < -0.3 is 10.6 Å². The van der Waals surface area contributed by atoms with E-state index in [1.54, 1.807) is 20.0 Å². The summed E-state index contributed by atoms with van der Waals surface area (Å²) in [6.45, 7) is 3.02. The van der Waals surface area contributed by atoms with Crippen LogP contribution >= 0.6 is 39.9 Å². The Kier molecular flexibility index (Phi) is 9.05. The number of benzene rings is 2. The van der Waals surface area contributed by atoms with Gasteiger partial charge in [0, 0.05) is 30.9 Å². The molecule has 26 heavy (non-hydrogen) atoms. The number of rotatable bonds is 5. The molecule has 2 rings (SSSR count). The summed E-state index contributed by atoms with van der Waals surface area (Å²) in [4.78, 5) is 4.58. The lowest BCUT2D eigenvalue weighted by atomic mass is 10.1. The number of aliphatic imine (C=N–C) groups is 1. The second kappa shape index (κ2) is 10.3. The molecule has 0 saturated heterocycles. The van der Waals surface area contributed by atoms with Gasteiger partial charge in [-0.2, -0.15) is 0 Å². The number of hydrogen-bond donors (Lipinski definition) is 2. The van der Waals surface area contributed by atoms with Crippen LogP contribution in [0.15, 0.2) is 56.8 Å². The smallest absolute Gasteiger partial charge is 0.191 e. The van der Waals surface area contributed by atoms with Crippen LogP contribution < -0.4 is 10.6 Å². The summed E-state index contributed by atoms with van der Waals surface area (Å²) in [6, 6.07) is 13.4. The molecule has 0 saturated carbocycles. The van der Waals surface area contributed by atoms with Crippen LogP contribution in [0.4, 0.5) is 0 Å². The third-order valence-electron chi connectivity index (χ3n) is 3.67. The predicted molar refractivity (Wildman–Crippen MR) is 121 cm³/mol. The average molecular weight is 552 g/mol. The lowest BCUT2D eigenvalue weighted by Gasteiger charge is -2.13. The topological polar surface area (TPSA) is 70.6 Å². The molecule has 0 radical (unpaired) electrons. The Balaban J connectivity index is 0.00000338. The first kappa shape index (κ1) is 22.9. The van der Waals surface area contributed by atoms with E-state index in [-0.39, 0.29) is 24.0 Å². The molecule has 0 heterocycles. The molecular formula is C18H23BrIN3O2S. The third-order valence-corrected chi connectivity index (χ3v) is 5.42. The second-order valence-electron chi connectivity index (χ2n) is 5.78. The van der Waals surface area contributed by atoms with Gasteiger partial charge in [0.15, 0.2) is 15.8 Å². The van der Waals surface area contributed by atoms with E-state index in [4.69, 9.17) is 0 Å². The monoisotopic (exact) mass is 551 g/mol. The number of guanidine groups is 1. The molecule has 0 amide bonds. The Bertz CT molecular complexity index is 886. The molecule has 0 aliphatic heterocycles. The Morgan fingerprint density at radius 3 is 2.19 bits per heavy atom. The van der Waals surface area contributed by atoms with Crippen molar-refractivity contribution in [3.63, 3.8) is 0 Å². The van der Waals surface area contributed by atoms with E-state index in [9.17, 15) is 8.42 Å². The number of aryl methyl sites for hydroxylation is 1. The first-order chi connectivity index (χ1) is 11.8. The van der Waals surface area contributed by atoms with E-state index in [1.165, 1.54) is 6.26 Å². The van der Waals surface area contributed by atoms with Crippen LogP contribution in [-0.4, -0.2) is 27.7 Å². The summed E-state index contributed by atoms with van der Waals surface area (Å²) in [5, 5.41) is 6.49. The minimum absolute atomic E-state index is 0. The van der Waals surface area contributed by atoms with E-state index in [0.717, 1.165) is 21.2 Å². The molecule has 0 aliphatic carbocycles. The fourth-order valence-corrected chi connectivity index (χ4v) is 3.88. The summed E-state index contributed by atoms with van der Waals surface area (Å²) in [5.41, 5.74) is 2.89. The molecule has 142 valence electrons. The molecule has 0 bridgehead atoms. The van der Waals surface area contributed by atoms with Gasteiger partial charge in [-0.25, -0.2) is 8.42 Å². The molecule has 0 unspecified atom stereocenters. The lowest BCUT2D eigenvalue weighted by molar-refractivity contribution is 0.601. The molecule has 0 spiro atoms. The van der Waals surface area contributed by atoms with Crippen molar-refractivity contribution in [3.8, 4) is 0 Å². The van der Waals surface area contributed by atoms with Gasteiger partial charge in [-0.15, -0.1) is 24.0 Å². The van der Waals surface area contributed by atoms with Crippen molar-refractivity contribution >= 4 is 55.7 Å². The highest BCUT2D eigenvalue weighted by atomic mass is 127. The van der Waals surface area contributed by atoms with Gasteiger partial charge in [0.25, 0.3) is 0 Å². The Morgan fingerprint density at radius 1 is 1.08 bits per heavy atom. The Hall–Kier alpha value is -1.13. The number of halogens is 2. The van der Waals surface area contributed by atoms with Crippen LogP contribution in [0.5, 0.6) is 0 Å². The van der Waals surface area contributed by atoms with Gasteiger partial charge in [-0.1, -0.05) is 40.2 Å². The molecule has 2 aromatic rings. The van der Waals surface area contributed by atoms with E-state index >= 15 is 0 Å². The molecule has 0 aliphatic rings. The van der Waals surface area contributed by atoms with Gasteiger partial charge in [0.05, 0.1) is 4.90 Å². The summed E-state index contributed by atoms with van der Waals surface area (Å²) < 4.78 is 24.4. The van der Waals surface area contributed by atoms with Gasteiger partial charge in [-0.05, 0) is 41.8 Å². The van der Waals surface area contributed by atoms with Crippen molar-refractivity contribution in [2.24, 2.45) is 4.99 Å². The maximum atomic E-state index is 11.7. The highest BCUT2D eigenvalue weighted by molar-refractivity contribution is 14.0. The lowest BCUT2D eigenvalue weighted by Crippen LogP contribution is -2.36. The Morgan fingerprint density at radius 2 is 1.69 bits per heavy atom. The summed E-state index contributed by atoms with van der Waals surface area (Å²) in [5.74, 6) is 0.685. The maximum absolute atomic E-state index is 11.7. The second-order valence-corrected chi connectivity index (χ2v) is 8.68. The normalized spacial score (nSPS) is 11.6. The van der Waals surface area contributed by atoms with E-state index < -0.39 is 9.84 Å². The van der Waals surface area contributed by atoms with E-state index in [0.29, 0.717) is 23.9 Å². The third kappa shape index (κ3) is 6.88. The predicted octanol–water partition coefficient (Wildman–Crippen LogP) is 3.64. The summed E-state index contributed by atoms with van der Waals surface area (Å²) in [7, 11) is -1.47. The largest absolute Gasteiger partial charge is 0.352 e. The fourth-order valence-electron chi connectivity index (χ4n) is 2.48. The molecule has 0 atom stereocenters. The van der Waals surface area contributed by atoms with Gasteiger partial charge in [0.1, 0.15) is 0 Å². The van der Waals surface area contributed by atoms with Crippen LogP contribution in [0, 0.1) is 6.92 Å². The number of nitrogens with zero attached hydrogens (tertiary/aromatic N) is 1. The van der Waals surface area contributed by atoms with Crippen molar-refractivity contribution in [2.45, 2.75) is 24.9 Å². The minimum Gasteiger partial charge on any atom is -0.352 e. The van der Waals surface area contributed by atoms with Crippen molar-refractivity contribution < 1.29 is 8.42 Å². The molecule has 0 fully saturated rings. The van der Waals surface area contributed by atoms with Gasteiger partial charge in [-0.3, -0.25) is 4.99 Å². The molecule has 2 N–H and O–H groups in total. The molecule has 5 nitrogen and oxygen atoms in total. The standard InChI is InChI=1S/C18H22BrN3O2S.HI/c1-13-9-15(7-8-17(13)25(3,23)24)12-22-18(20-2)21-11-14-5-4-6-16(19)10-14;/h4-10H,11-12H2,1-3H3,(H2,20,21,22);1H. The first-order valence-corrected chi connectivity index (χ1v) is 10.5. The zero-order valence-electron chi connectivity index (χ0n) is 14.9. The molecule has 0 aromatic heterocycles. The van der Waals surface area contributed by atoms with E-state index in [2.05, 4.69) is 31.6 Å². The first-order valence-electron chi connectivity index (χ1n) is 7.78. The Labute approximate surface area is 180 Å². The van der Waals surface area contributed by atoms with Gasteiger partial charge in [0.2, 0.25) is 0 Å². The van der Waals surface area contributed by atoms with Gasteiger partial charge >= 0.3 is 0 Å². The zero-order valence-corrected chi connectivity index (χ0v) is 19.6. The zero-order chi connectivity index (χ0) is 18.4. The van der Waals surface area contributed by atoms with Crippen molar-refractivity contribution in [1.82, 2.24) is 10.6 Å². The number of sulfone groups is 1. The van der Waals surface area contributed by atoms with E-state index in [1.807, 2.05) is 36.4 Å². The highest BCUT2D eigenvalue weighted by Crippen LogP contribution is 2.16. The maximum Gasteiger partial charge on any atom is 0.191 e. The number of hydrogen-bond acceptors (Lipinski definition) is 3. The molecule has 8 heteroatoms. The van der Waals surface area contributed by atoms with Crippen molar-refractivity contribution in [2.75, 3.05) is 13.3 Å². The molecular weight excluding hydrogens is 529 g/mol. The summed E-state index contributed by atoms with van der Waals surface area (Å²) in [6.07, 6.45) is 1.22. The van der Waals surface area contributed by atoms with Crippen molar-refractivity contribution in [3.05, 3.63) is 63.6 Å².